The number of nitrogens with zero attached hydrogens (tertiary/aromatic N) is 2. The molecule has 0 radical (unpaired) electrons. The zero-order valence-corrected chi connectivity index (χ0v) is 22.7. The fourth-order valence-electron chi connectivity index (χ4n) is 8.55. The number of ether oxygens (including phenoxy) is 1. The van der Waals surface area contributed by atoms with Crippen molar-refractivity contribution in [2.24, 2.45) is 39.5 Å². The smallest absolute Gasteiger partial charge is 0.118 e. The molecule has 4 saturated carbocycles. The zero-order chi connectivity index (χ0) is 25.3. The number of hydrogen-bond acceptors (Lipinski definition) is 7. The molecule has 7 nitrogen and oxygen atoms in total. The van der Waals surface area contributed by atoms with Crippen molar-refractivity contribution in [2.45, 2.75) is 102 Å². The third-order valence-electron chi connectivity index (χ3n) is 10.9. The molecule has 0 aromatic heterocycles. The lowest BCUT2D eigenvalue weighted by molar-refractivity contribution is -0.225. The lowest BCUT2D eigenvalue weighted by Gasteiger charge is -2.64. The fourth-order valence-corrected chi connectivity index (χ4v) is 8.55. The number of oxime groups is 1. The molecule has 0 aromatic carbocycles. The van der Waals surface area contributed by atoms with E-state index in [-0.39, 0.29) is 11.3 Å². The summed E-state index contributed by atoms with van der Waals surface area (Å²) in [6.07, 6.45) is 12.5. The normalized spacial score (nSPS) is 45.4. The van der Waals surface area contributed by atoms with E-state index in [1.165, 1.54) is 6.42 Å². The van der Waals surface area contributed by atoms with Crippen LogP contribution in [-0.2, 0) is 9.57 Å². The summed E-state index contributed by atoms with van der Waals surface area (Å²) in [6.45, 7) is 7.53. The molecule has 4 N–H and O–H groups in total. The van der Waals surface area contributed by atoms with Gasteiger partial charge >= 0.3 is 0 Å². The summed E-state index contributed by atoms with van der Waals surface area (Å²) in [6, 6.07) is 0. The number of nitrogens with two attached hydrogens (primary N) is 1. The Kier molecular flexibility index (Phi) is 8.24. The van der Waals surface area contributed by atoms with Crippen LogP contribution in [0.1, 0.15) is 84.5 Å². The van der Waals surface area contributed by atoms with Crippen molar-refractivity contribution in [1.29, 1.82) is 0 Å². The van der Waals surface area contributed by atoms with Gasteiger partial charge in [0, 0.05) is 18.6 Å². The van der Waals surface area contributed by atoms with Crippen molar-refractivity contribution in [2.75, 3.05) is 40.4 Å². The van der Waals surface area contributed by atoms with Crippen LogP contribution in [0.15, 0.2) is 5.16 Å². The first-order chi connectivity index (χ1) is 16.6. The maximum atomic E-state index is 12.3. The maximum Gasteiger partial charge on any atom is 0.118 e. The molecule has 35 heavy (non-hydrogen) atoms. The molecular weight excluding hydrogens is 442 g/mol. The third kappa shape index (κ3) is 4.81. The molecule has 0 spiro atoms. The Balaban J connectivity index is 1.43. The Bertz CT molecular complexity index is 750. The van der Waals surface area contributed by atoms with E-state index in [0.29, 0.717) is 43.9 Å². The van der Waals surface area contributed by atoms with Crippen LogP contribution in [0, 0.1) is 28.6 Å². The van der Waals surface area contributed by atoms with Crippen LogP contribution in [0.2, 0.25) is 0 Å². The van der Waals surface area contributed by atoms with Gasteiger partial charge in [0.2, 0.25) is 0 Å². The van der Waals surface area contributed by atoms with Crippen molar-refractivity contribution in [3.05, 3.63) is 0 Å². The van der Waals surface area contributed by atoms with Crippen molar-refractivity contribution in [1.82, 2.24) is 4.90 Å². The average molecular weight is 494 g/mol. The van der Waals surface area contributed by atoms with Gasteiger partial charge in [0.15, 0.2) is 0 Å². The summed E-state index contributed by atoms with van der Waals surface area (Å²) in [5.41, 5.74) is 3.32. The third-order valence-corrected chi connectivity index (χ3v) is 10.9. The van der Waals surface area contributed by atoms with Crippen LogP contribution in [-0.4, -0.2) is 79.0 Å². The molecule has 8 atom stereocenters. The van der Waals surface area contributed by atoms with E-state index in [2.05, 4.69) is 23.9 Å². The molecule has 0 saturated heterocycles. The molecule has 0 aromatic rings. The lowest BCUT2D eigenvalue weighted by Crippen LogP contribution is -2.65. The van der Waals surface area contributed by atoms with Crippen LogP contribution in [0.3, 0.4) is 0 Å². The quantitative estimate of drug-likeness (QED) is 0.244. The largest absolute Gasteiger partial charge is 0.396 e. The standard InChI is InChI=1S/C28H51N3O4/c1-25-11-9-22(34-17-5-15-29)19-21(25)7-8-24-23(25)10-12-26(2)27(32,13-14-28(24,26)33)20-30-35-18-6-16-31(3)4/h20-24,32-33H,5-19,29H2,1-4H3/b30-20+/t21?,22?,23-,24-,25+,26-,27?,28-/m1/s1. The van der Waals surface area contributed by atoms with Crippen LogP contribution in [0.4, 0.5) is 0 Å². The molecule has 4 aliphatic carbocycles. The number of fused-ring (bicyclic) bond motifs is 5. The summed E-state index contributed by atoms with van der Waals surface area (Å²) in [5, 5.41) is 28.2. The monoisotopic (exact) mass is 493 g/mol. The lowest BCUT2D eigenvalue weighted by atomic mass is 9.43. The molecule has 202 valence electrons. The molecule has 0 bridgehead atoms. The molecule has 7 heteroatoms. The van der Waals surface area contributed by atoms with Crippen molar-refractivity contribution in [3.63, 3.8) is 0 Å². The van der Waals surface area contributed by atoms with E-state index in [0.717, 1.165) is 64.5 Å². The molecule has 0 amide bonds. The first-order valence-electron chi connectivity index (χ1n) is 14.2. The topological polar surface area (TPSA) is 101 Å². The average Bonchev–Trinajstić information content (AvgIpc) is 3.03. The maximum absolute atomic E-state index is 12.3. The molecule has 4 aliphatic rings. The van der Waals surface area contributed by atoms with Gasteiger partial charge in [0.25, 0.3) is 0 Å². The van der Waals surface area contributed by atoms with E-state index in [4.69, 9.17) is 15.3 Å². The summed E-state index contributed by atoms with van der Waals surface area (Å²) < 4.78 is 6.17. The fraction of sp³-hybridized carbons (Fsp3) is 0.964. The molecule has 4 rings (SSSR count). The number of aliphatic hydroxyl groups is 2. The minimum absolute atomic E-state index is 0.237. The Morgan fingerprint density at radius 2 is 1.77 bits per heavy atom. The predicted molar refractivity (Wildman–Crippen MR) is 139 cm³/mol. The summed E-state index contributed by atoms with van der Waals surface area (Å²) in [7, 11) is 4.08. The van der Waals surface area contributed by atoms with E-state index < -0.39 is 16.6 Å². The van der Waals surface area contributed by atoms with E-state index >= 15 is 0 Å². The van der Waals surface area contributed by atoms with Gasteiger partial charge in [-0.2, -0.15) is 0 Å². The van der Waals surface area contributed by atoms with Gasteiger partial charge in [-0.05, 0) is 114 Å². The number of hydrogen-bond donors (Lipinski definition) is 3. The van der Waals surface area contributed by atoms with Crippen molar-refractivity contribution < 1.29 is 19.8 Å². The van der Waals surface area contributed by atoms with Crippen molar-refractivity contribution in [3.8, 4) is 0 Å². The molecule has 4 fully saturated rings. The van der Waals surface area contributed by atoms with Gasteiger partial charge in [0.05, 0.1) is 17.9 Å². The van der Waals surface area contributed by atoms with Crippen LogP contribution >= 0.6 is 0 Å². The van der Waals surface area contributed by atoms with E-state index in [1.54, 1.807) is 6.21 Å². The first-order valence-corrected chi connectivity index (χ1v) is 14.2. The first kappa shape index (κ1) is 27.3. The van der Waals surface area contributed by atoms with Crippen LogP contribution < -0.4 is 5.73 Å². The Morgan fingerprint density at radius 1 is 0.971 bits per heavy atom. The summed E-state index contributed by atoms with van der Waals surface area (Å²) >= 11 is 0. The Morgan fingerprint density at radius 3 is 2.51 bits per heavy atom. The molecule has 0 aliphatic heterocycles. The zero-order valence-electron chi connectivity index (χ0n) is 22.7. The molecular formula is C28H51N3O4. The SMILES string of the molecule is CN(C)CCCO/N=C/C1(O)CC[C@@]2(O)[C@@H]3CCC4CC(OCCCN)CC[C@]4(C)[C@@H]3CC[C@]12C. The second kappa shape index (κ2) is 10.6. The van der Waals surface area contributed by atoms with E-state index in [9.17, 15) is 10.2 Å². The van der Waals surface area contributed by atoms with Gasteiger partial charge in [-0.15, -0.1) is 0 Å². The summed E-state index contributed by atoms with van der Waals surface area (Å²) in [5.74, 6) is 1.40. The summed E-state index contributed by atoms with van der Waals surface area (Å²) in [4.78, 5) is 7.61. The Hall–Kier alpha value is -0.730. The predicted octanol–water partition coefficient (Wildman–Crippen LogP) is 3.56. The minimum Gasteiger partial charge on any atom is -0.396 e. The highest BCUT2D eigenvalue weighted by atomic mass is 16.6. The second-order valence-corrected chi connectivity index (χ2v) is 12.8. The Labute approximate surface area is 212 Å². The highest BCUT2D eigenvalue weighted by Crippen LogP contribution is 2.69. The highest BCUT2D eigenvalue weighted by Gasteiger charge is 2.71. The van der Waals surface area contributed by atoms with Gasteiger partial charge < -0.3 is 30.4 Å². The molecule has 0 heterocycles. The van der Waals surface area contributed by atoms with Crippen LogP contribution in [0.25, 0.3) is 0 Å². The van der Waals surface area contributed by atoms with Gasteiger partial charge in [-0.25, -0.2) is 0 Å². The number of rotatable bonds is 10. The van der Waals surface area contributed by atoms with Crippen LogP contribution in [0.5, 0.6) is 0 Å². The van der Waals surface area contributed by atoms with Crippen molar-refractivity contribution >= 4 is 6.21 Å². The highest BCUT2D eigenvalue weighted by molar-refractivity contribution is 5.71. The second-order valence-electron chi connectivity index (χ2n) is 12.8. The molecule has 3 unspecified atom stereocenters. The van der Waals surface area contributed by atoms with Gasteiger partial charge in [-0.1, -0.05) is 19.0 Å². The van der Waals surface area contributed by atoms with E-state index in [1.807, 2.05) is 14.1 Å². The minimum atomic E-state index is -1.12. The van der Waals surface area contributed by atoms with Gasteiger partial charge in [0.1, 0.15) is 12.2 Å². The van der Waals surface area contributed by atoms with Gasteiger partial charge in [-0.3, -0.25) is 0 Å².